The Morgan fingerprint density at radius 3 is 2.58 bits per heavy atom. The van der Waals surface area contributed by atoms with Crippen LogP contribution in [-0.2, 0) is 14.9 Å². The molecule has 2 fully saturated rings. The molecule has 162 valence electrons. The first kappa shape index (κ1) is 20.2. The van der Waals surface area contributed by atoms with Gasteiger partial charge in [-0.3, -0.25) is 9.69 Å². The first-order chi connectivity index (χ1) is 15.1. The molecule has 31 heavy (non-hydrogen) atoms. The standard InChI is InChI=1S/C25H30N4O2/c1-19-7-6-12-29-17-22(26-23(19)29)25(20-8-4-3-5-9-20)10-13-28(14-11-25)24(30)21-18-31-16-15-27(21)2/h3-9,12,17,21H,10-11,13-16,18H2,1-2H3/t21-/m1/s1. The molecule has 0 N–H and O–H groups in total. The van der Waals surface area contributed by atoms with Gasteiger partial charge in [-0.05, 0) is 44.0 Å². The molecular weight excluding hydrogens is 388 g/mol. The minimum Gasteiger partial charge on any atom is -0.378 e. The van der Waals surface area contributed by atoms with Gasteiger partial charge in [-0.1, -0.05) is 36.4 Å². The van der Waals surface area contributed by atoms with Crippen LogP contribution in [-0.4, -0.2) is 71.0 Å². The monoisotopic (exact) mass is 418 g/mol. The number of morpholine rings is 1. The Bertz CT molecular complexity index is 1070. The van der Waals surface area contributed by atoms with E-state index >= 15 is 0 Å². The van der Waals surface area contributed by atoms with E-state index < -0.39 is 0 Å². The number of likely N-dealkylation sites (tertiary alicyclic amines) is 1. The Morgan fingerprint density at radius 1 is 1.10 bits per heavy atom. The van der Waals surface area contributed by atoms with Crippen LogP contribution in [0.15, 0.2) is 54.9 Å². The van der Waals surface area contributed by atoms with E-state index in [4.69, 9.17) is 9.72 Å². The summed E-state index contributed by atoms with van der Waals surface area (Å²) in [6.45, 7) is 5.55. The molecule has 0 unspecified atom stereocenters. The first-order valence-electron chi connectivity index (χ1n) is 11.2. The fraction of sp³-hybridized carbons (Fsp3) is 0.440. The van der Waals surface area contributed by atoms with Crippen molar-refractivity contribution in [2.45, 2.75) is 31.2 Å². The molecule has 0 radical (unpaired) electrons. The maximum Gasteiger partial charge on any atom is 0.242 e. The van der Waals surface area contributed by atoms with Crippen LogP contribution in [0.5, 0.6) is 0 Å². The van der Waals surface area contributed by atoms with Crippen LogP contribution in [0, 0.1) is 6.92 Å². The maximum atomic E-state index is 13.2. The highest BCUT2D eigenvalue weighted by Crippen LogP contribution is 2.41. The second-order valence-electron chi connectivity index (χ2n) is 8.89. The third-order valence-corrected chi connectivity index (χ3v) is 7.10. The molecule has 6 heteroatoms. The normalized spacial score (nSPS) is 22.0. The van der Waals surface area contributed by atoms with Gasteiger partial charge in [0.25, 0.3) is 0 Å². The van der Waals surface area contributed by atoms with Crippen LogP contribution in [0.1, 0.15) is 29.7 Å². The minimum absolute atomic E-state index is 0.171. The number of fused-ring (bicyclic) bond motifs is 1. The van der Waals surface area contributed by atoms with E-state index in [9.17, 15) is 4.79 Å². The van der Waals surface area contributed by atoms with E-state index in [2.05, 4.69) is 71.1 Å². The number of benzene rings is 1. The highest BCUT2D eigenvalue weighted by atomic mass is 16.5. The van der Waals surface area contributed by atoms with Crippen molar-refractivity contribution in [2.24, 2.45) is 0 Å². The number of ether oxygens (including phenoxy) is 1. The molecule has 1 amide bonds. The number of amides is 1. The molecule has 3 aromatic rings. The lowest BCUT2D eigenvalue weighted by Gasteiger charge is -2.43. The van der Waals surface area contributed by atoms with Gasteiger partial charge < -0.3 is 14.0 Å². The highest BCUT2D eigenvalue weighted by Gasteiger charge is 2.42. The van der Waals surface area contributed by atoms with Gasteiger partial charge >= 0.3 is 0 Å². The second-order valence-corrected chi connectivity index (χ2v) is 8.89. The van der Waals surface area contributed by atoms with Gasteiger partial charge in [0.1, 0.15) is 11.7 Å². The van der Waals surface area contributed by atoms with Gasteiger partial charge in [0.2, 0.25) is 5.91 Å². The van der Waals surface area contributed by atoms with E-state index in [1.54, 1.807) is 0 Å². The SMILES string of the molecule is Cc1cccn2cc(C3(c4ccccc4)CCN(C(=O)[C@H]4COCCN4C)CC3)nc12. The number of aromatic nitrogens is 2. The van der Waals surface area contributed by atoms with Crippen molar-refractivity contribution in [1.29, 1.82) is 0 Å². The Hall–Kier alpha value is -2.70. The fourth-order valence-electron chi connectivity index (χ4n) is 5.10. The number of carbonyl (C=O) groups is 1. The van der Waals surface area contributed by atoms with Gasteiger partial charge in [-0.25, -0.2) is 4.98 Å². The van der Waals surface area contributed by atoms with Crippen molar-refractivity contribution < 1.29 is 9.53 Å². The topological polar surface area (TPSA) is 50.1 Å². The van der Waals surface area contributed by atoms with Crippen molar-refractivity contribution >= 4 is 11.6 Å². The number of likely N-dealkylation sites (N-methyl/N-ethyl adjacent to an activating group) is 1. The zero-order valence-corrected chi connectivity index (χ0v) is 18.3. The molecule has 6 nitrogen and oxygen atoms in total. The van der Waals surface area contributed by atoms with Crippen molar-refractivity contribution in [3.63, 3.8) is 0 Å². The number of hydrogen-bond acceptors (Lipinski definition) is 4. The van der Waals surface area contributed by atoms with Crippen molar-refractivity contribution in [2.75, 3.05) is 39.9 Å². The summed E-state index contributed by atoms with van der Waals surface area (Å²) in [5.41, 5.74) is 4.36. The van der Waals surface area contributed by atoms with E-state index in [0.717, 1.165) is 43.8 Å². The van der Waals surface area contributed by atoms with Crippen LogP contribution in [0.2, 0.25) is 0 Å². The van der Waals surface area contributed by atoms with Gasteiger partial charge in [0.05, 0.1) is 18.9 Å². The van der Waals surface area contributed by atoms with Gasteiger partial charge in [-0.15, -0.1) is 0 Å². The van der Waals surface area contributed by atoms with Gasteiger partial charge in [-0.2, -0.15) is 0 Å². The third kappa shape index (κ3) is 3.54. The van der Waals surface area contributed by atoms with Crippen LogP contribution >= 0.6 is 0 Å². The molecule has 0 bridgehead atoms. The van der Waals surface area contributed by atoms with Crippen molar-refractivity contribution in [3.8, 4) is 0 Å². The van der Waals surface area contributed by atoms with Crippen LogP contribution in [0.3, 0.4) is 0 Å². The summed E-state index contributed by atoms with van der Waals surface area (Å²) < 4.78 is 7.71. The zero-order valence-electron chi connectivity index (χ0n) is 18.3. The summed E-state index contributed by atoms with van der Waals surface area (Å²) in [6, 6.07) is 14.7. The molecule has 2 saturated heterocycles. The lowest BCUT2D eigenvalue weighted by Crippen LogP contribution is -2.56. The molecule has 1 atom stereocenters. The Labute approximate surface area is 183 Å². The molecule has 0 saturated carbocycles. The van der Waals surface area contributed by atoms with Crippen molar-refractivity contribution in [3.05, 3.63) is 71.7 Å². The summed E-state index contributed by atoms with van der Waals surface area (Å²) in [5, 5.41) is 0. The van der Waals surface area contributed by atoms with Crippen LogP contribution in [0.25, 0.3) is 5.65 Å². The number of piperidine rings is 1. The van der Waals surface area contributed by atoms with E-state index in [-0.39, 0.29) is 17.4 Å². The molecule has 2 aliphatic heterocycles. The molecule has 0 aliphatic carbocycles. The molecule has 5 rings (SSSR count). The molecule has 2 aliphatic rings. The maximum absolute atomic E-state index is 13.2. The Kier molecular flexibility index (Phi) is 5.28. The number of nitrogens with zero attached hydrogens (tertiary/aromatic N) is 4. The molecule has 0 spiro atoms. The van der Waals surface area contributed by atoms with Crippen LogP contribution < -0.4 is 0 Å². The third-order valence-electron chi connectivity index (χ3n) is 7.10. The zero-order chi connectivity index (χ0) is 21.4. The number of imidazole rings is 1. The van der Waals surface area contributed by atoms with E-state index in [1.807, 2.05) is 11.9 Å². The highest BCUT2D eigenvalue weighted by molar-refractivity contribution is 5.82. The number of carbonyl (C=O) groups excluding carboxylic acids is 1. The van der Waals surface area contributed by atoms with Gasteiger partial charge in [0, 0.05) is 37.4 Å². The predicted octanol–water partition coefficient (Wildman–Crippen LogP) is 2.88. The van der Waals surface area contributed by atoms with Crippen LogP contribution in [0.4, 0.5) is 0 Å². The molecule has 2 aromatic heterocycles. The summed E-state index contributed by atoms with van der Waals surface area (Å²) in [7, 11) is 2.02. The molecule has 1 aromatic carbocycles. The quantitative estimate of drug-likeness (QED) is 0.656. The van der Waals surface area contributed by atoms with Crippen molar-refractivity contribution in [1.82, 2.24) is 19.2 Å². The number of aryl methyl sites for hydroxylation is 1. The number of hydrogen-bond donors (Lipinski definition) is 0. The molecule has 4 heterocycles. The lowest BCUT2D eigenvalue weighted by molar-refractivity contribution is -0.143. The minimum atomic E-state index is -0.189. The molecular formula is C25H30N4O2. The summed E-state index contributed by atoms with van der Waals surface area (Å²) in [5.74, 6) is 0.190. The Morgan fingerprint density at radius 2 is 1.87 bits per heavy atom. The average molecular weight is 419 g/mol. The Balaban J connectivity index is 1.46. The number of pyridine rings is 1. The van der Waals surface area contributed by atoms with E-state index in [0.29, 0.717) is 13.2 Å². The predicted molar refractivity (Wildman–Crippen MR) is 120 cm³/mol. The summed E-state index contributed by atoms with van der Waals surface area (Å²) >= 11 is 0. The smallest absolute Gasteiger partial charge is 0.242 e. The first-order valence-corrected chi connectivity index (χ1v) is 11.2. The second kappa shape index (κ2) is 8.09. The van der Waals surface area contributed by atoms with E-state index in [1.165, 1.54) is 11.1 Å². The largest absolute Gasteiger partial charge is 0.378 e. The summed E-state index contributed by atoms with van der Waals surface area (Å²) in [6.07, 6.45) is 5.97. The average Bonchev–Trinajstić information content (AvgIpc) is 3.26. The number of rotatable bonds is 3. The fourth-order valence-corrected chi connectivity index (χ4v) is 5.10. The lowest BCUT2D eigenvalue weighted by atomic mass is 9.70. The summed E-state index contributed by atoms with van der Waals surface area (Å²) in [4.78, 5) is 22.5. The van der Waals surface area contributed by atoms with Gasteiger partial charge in [0.15, 0.2) is 0 Å².